The van der Waals surface area contributed by atoms with Gasteiger partial charge in [-0.25, -0.2) is 14.6 Å². The van der Waals surface area contributed by atoms with Gasteiger partial charge in [0.1, 0.15) is 0 Å². The van der Waals surface area contributed by atoms with Crippen LogP contribution in [0, 0.1) is 5.92 Å². The van der Waals surface area contributed by atoms with E-state index >= 15 is 0 Å². The van der Waals surface area contributed by atoms with Gasteiger partial charge in [-0.3, -0.25) is 0 Å². The molecule has 0 saturated heterocycles. The van der Waals surface area contributed by atoms with E-state index in [1.54, 1.807) is 6.07 Å². The zero-order chi connectivity index (χ0) is 13.8. The monoisotopic (exact) mass is 263 g/mol. The van der Waals surface area contributed by atoms with Crippen LogP contribution >= 0.6 is 0 Å². The first-order valence-corrected chi connectivity index (χ1v) is 6.33. The molecule has 6 heteroatoms. The number of carbonyl (C=O) groups excluding carboxylic acids is 1. The molecule has 102 valence electrons. The molecular weight excluding hydrogens is 246 g/mol. The van der Waals surface area contributed by atoms with Crippen molar-refractivity contribution >= 4 is 17.7 Å². The van der Waals surface area contributed by atoms with Gasteiger partial charge < -0.3 is 15.7 Å². The molecule has 1 saturated carbocycles. The largest absolute Gasteiger partial charge is 0.476 e. The lowest BCUT2D eigenvalue weighted by molar-refractivity contribution is 0.0692. The highest BCUT2D eigenvalue weighted by Crippen LogP contribution is 2.29. The standard InChI is InChI=1S/C13H17N3O3/c1-8(9-4-2-5-9)15-13(19)16-10-6-3-7-14-11(10)12(17)18/h3,6-9H,2,4-5H2,1H3,(H,17,18)(H2,15,16,19). The van der Waals surface area contributed by atoms with Crippen molar-refractivity contribution in [3.8, 4) is 0 Å². The summed E-state index contributed by atoms with van der Waals surface area (Å²) in [4.78, 5) is 26.5. The average Bonchev–Trinajstić information content (AvgIpc) is 2.26. The van der Waals surface area contributed by atoms with Gasteiger partial charge in [-0.2, -0.15) is 0 Å². The lowest BCUT2D eigenvalue weighted by atomic mass is 9.80. The highest BCUT2D eigenvalue weighted by Gasteiger charge is 2.25. The number of anilines is 1. The molecule has 1 aromatic rings. The second-order valence-electron chi connectivity index (χ2n) is 4.78. The van der Waals surface area contributed by atoms with Crippen LogP contribution in [0.2, 0.25) is 0 Å². The van der Waals surface area contributed by atoms with Crippen molar-refractivity contribution in [3.05, 3.63) is 24.0 Å². The first kappa shape index (κ1) is 13.3. The minimum atomic E-state index is -1.16. The van der Waals surface area contributed by atoms with Gasteiger partial charge in [-0.15, -0.1) is 0 Å². The summed E-state index contributed by atoms with van der Waals surface area (Å²) >= 11 is 0. The molecule has 1 atom stereocenters. The van der Waals surface area contributed by atoms with E-state index in [1.807, 2.05) is 6.92 Å². The fourth-order valence-corrected chi connectivity index (χ4v) is 2.10. The zero-order valence-corrected chi connectivity index (χ0v) is 10.7. The number of nitrogens with zero attached hydrogens (tertiary/aromatic N) is 1. The fraction of sp³-hybridized carbons (Fsp3) is 0.462. The van der Waals surface area contributed by atoms with Crippen LogP contribution in [-0.2, 0) is 0 Å². The second-order valence-corrected chi connectivity index (χ2v) is 4.78. The van der Waals surface area contributed by atoms with E-state index in [0.717, 1.165) is 12.8 Å². The highest BCUT2D eigenvalue weighted by molar-refractivity contribution is 5.98. The van der Waals surface area contributed by atoms with Crippen molar-refractivity contribution in [1.29, 1.82) is 0 Å². The number of aromatic nitrogens is 1. The molecule has 0 spiro atoms. The van der Waals surface area contributed by atoms with E-state index in [-0.39, 0.29) is 17.4 Å². The third-order valence-electron chi connectivity index (χ3n) is 3.47. The fourth-order valence-electron chi connectivity index (χ4n) is 2.10. The molecule has 2 amide bonds. The van der Waals surface area contributed by atoms with Crippen LogP contribution in [0.5, 0.6) is 0 Å². The molecule has 0 aliphatic heterocycles. The molecule has 1 heterocycles. The van der Waals surface area contributed by atoms with Crippen LogP contribution in [0.1, 0.15) is 36.7 Å². The molecule has 1 aromatic heterocycles. The summed E-state index contributed by atoms with van der Waals surface area (Å²) in [5, 5.41) is 14.3. The molecule has 1 aliphatic rings. The summed E-state index contributed by atoms with van der Waals surface area (Å²) in [6, 6.07) is 2.80. The minimum absolute atomic E-state index is 0.0960. The van der Waals surface area contributed by atoms with E-state index in [0.29, 0.717) is 5.92 Å². The van der Waals surface area contributed by atoms with Crippen LogP contribution in [0.15, 0.2) is 18.3 Å². The Kier molecular flexibility index (Phi) is 3.99. The summed E-state index contributed by atoms with van der Waals surface area (Å²) in [6.07, 6.45) is 4.86. The van der Waals surface area contributed by atoms with E-state index in [4.69, 9.17) is 5.11 Å². The smallest absolute Gasteiger partial charge is 0.356 e. The van der Waals surface area contributed by atoms with Crippen molar-refractivity contribution in [2.24, 2.45) is 5.92 Å². The number of urea groups is 1. The Hall–Kier alpha value is -2.11. The number of amides is 2. The Morgan fingerprint density at radius 1 is 1.47 bits per heavy atom. The van der Waals surface area contributed by atoms with Crippen LogP contribution in [0.3, 0.4) is 0 Å². The molecule has 0 aromatic carbocycles. The number of carboxylic acid groups (broad SMARTS) is 1. The van der Waals surface area contributed by atoms with Crippen molar-refractivity contribution < 1.29 is 14.7 Å². The number of rotatable bonds is 4. The minimum Gasteiger partial charge on any atom is -0.476 e. The maximum absolute atomic E-state index is 11.8. The lowest BCUT2D eigenvalue weighted by Crippen LogP contribution is -2.42. The highest BCUT2D eigenvalue weighted by atomic mass is 16.4. The topological polar surface area (TPSA) is 91.3 Å². The molecule has 19 heavy (non-hydrogen) atoms. The number of carbonyl (C=O) groups is 2. The Morgan fingerprint density at radius 3 is 2.79 bits per heavy atom. The van der Waals surface area contributed by atoms with Gasteiger partial charge in [0.15, 0.2) is 5.69 Å². The summed E-state index contributed by atoms with van der Waals surface area (Å²) in [6.45, 7) is 1.96. The zero-order valence-electron chi connectivity index (χ0n) is 10.7. The van der Waals surface area contributed by atoms with Crippen molar-refractivity contribution in [1.82, 2.24) is 10.3 Å². The number of aromatic carboxylic acids is 1. The number of carboxylic acids is 1. The lowest BCUT2D eigenvalue weighted by Gasteiger charge is -2.31. The van der Waals surface area contributed by atoms with Crippen molar-refractivity contribution in [2.75, 3.05) is 5.32 Å². The van der Waals surface area contributed by atoms with E-state index in [2.05, 4.69) is 15.6 Å². The Bertz CT molecular complexity index is 486. The number of nitrogens with one attached hydrogen (secondary N) is 2. The second kappa shape index (κ2) is 5.69. The number of pyridine rings is 1. The predicted octanol–water partition coefficient (Wildman–Crippen LogP) is 2.09. The third kappa shape index (κ3) is 3.21. The van der Waals surface area contributed by atoms with Gasteiger partial charge in [0.25, 0.3) is 0 Å². The maximum atomic E-state index is 11.8. The summed E-state index contributed by atoms with van der Waals surface area (Å²) in [5.41, 5.74) is 0.0438. The number of hydrogen-bond donors (Lipinski definition) is 3. The maximum Gasteiger partial charge on any atom is 0.356 e. The third-order valence-corrected chi connectivity index (χ3v) is 3.47. The van der Waals surface area contributed by atoms with Crippen LogP contribution < -0.4 is 10.6 Å². The quantitative estimate of drug-likeness (QED) is 0.775. The summed E-state index contributed by atoms with van der Waals surface area (Å²) in [5.74, 6) is -0.637. The average molecular weight is 263 g/mol. The van der Waals surface area contributed by atoms with Gasteiger partial charge in [-0.1, -0.05) is 6.42 Å². The predicted molar refractivity (Wildman–Crippen MR) is 70.2 cm³/mol. The van der Waals surface area contributed by atoms with Crippen LogP contribution in [0.25, 0.3) is 0 Å². The van der Waals surface area contributed by atoms with Gasteiger partial charge in [0.2, 0.25) is 0 Å². The molecule has 2 rings (SSSR count). The van der Waals surface area contributed by atoms with Gasteiger partial charge in [0.05, 0.1) is 5.69 Å². The van der Waals surface area contributed by atoms with E-state index in [9.17, 15) is 9.59 Å². The summed E-state index contributed by atoms with van der Waals surface area (Å²) in [7, 11) is 0. The molecule has 1 fully saturated rings. The molecule has 0 bridgehead atoms. The Morgan fingerprint density at radius 2 is 2.21 bits per heavy atom. The van der Waals surface area contributed by atoms with Gasteiger partial charge >= 0.3 is 12.0 Å². The molecule has 1 unspecified atom stereocenters. The van der Waals surface area contributed by atoms with E-state index in [1.165, 1.54) is 18.7 Å². The van der Waals surface area contributed by atoms with Crippen LogP contribution in [0.4, 0.5) is 10.5 Å². The van der Waals surface area contributed by atoms with Crippen molar-refractivity contribution in [3.63, 3.8) is 0 Å². The Labute approximate surface area is 111 Å². The van der Waals surface area contributed by atoms with Gasteiger partial charge in [0, 0.05) is 12.2 Å². The van der Waals surface area contributed by atoms with E-state index < -0.39 is 12.0 Å². The van der Waals surface area contributed by atoms with Crippen molar-refractivity contribution in [2.45, 2.75) is 32.2 Å². The first-order valence-electron chi connectivity index (χ1n) is 6.33. The Balaban J connectivity index is 1.96. The first-order chi connectivity index (χ1) is 9.08. The molecule has 1 aliphatic carbocycles. The molecule has 3 N–H and O–H groups in total. The van der Waals surface area contributed by atoms with Crippen LogP contribution in [-0.4, -0.2) is 28.1 Å². The molecular formula is C13H17N3O3. The number of hydrogen-bond acceptors (Lipinski definition) is 3. The molecule has 6 nitrogen and oxygen atoms in total. The molecule has 0 radical (unpaired) electrons. The summed E-state index contributed by atoms with van der Waals surface area (Å²) < 4.78 is 0. The SMILES string of the molecule is CC(NC(=O)Nc1cccnc1C(=O)O)C1CCC1. The normalized spacial score (nSPS) is 16.3. The van der Waals surface area contributed by atoms with Gasteiger partial charge in [-0.05, 0) is 37.8 Å².